The number of pyridine rings is 1. The van der Waals surface area contributed by atoms with Gasteiger partial charge in [-0.3, -0.25) is 4.79 Å². The lowest BCUT2D eigenvalue weighted by Gasteiger charge is -2.37. The van der Waals surface area contributed by atoms with Gasteiger partial charge < -0.3 is 4.90 Å². The van der Waals surface area contributed by atoms with Gasteiger partial charge in [0.2, 0.25) is 0 Å². The number of carbonyl (C=O) groups excluding carboxylic acids is 1. The zero-order chi connectivity index (χ0) is 12.3. The Labute approximate surface area is 103 Å². The molecular weight excluding hydrogens is 212 g/mol. The van der Waals surface area contributed by atoms with Gasteiger partial charge in [-0.05, 0) is 30.9 Å². The molecule has 0 spiro atoms. The van der Waals surface area contributed by atoms with E-state index in [0.717, 1.165) is 12.1 Å². The molecule has 2 unspecified atom stereocenters. The number of carbonyl (C=O) groups is 1. The second-order valence-electron chi connectivity index (χ2n) is 4.97. The minimum Gasteiger partial charge on any atom is -0.356 e. The van der Waals surface area contributed by atoms with Crippen LogP contribution in [0.2, 0.25) is 0 Å². The van der Waals surface area contributed by atoms with Crippen LogP contribution in [0.4, 0.5) is 5.82 Å². The molecule has 2 rings (SSSR count). The molecular formula is C14H20N2O. The summed E-state index contributed by atoms with van der Waals surface area (Å²) < 4.78 is 0. The van der Waals surface area contributed by atoms with E-state index < -0.39 is 0 Å². The van der Waals surface area contributed by atoms with Crippen molar-refractivity contribution in [1.29, 1.82) is 0 Å². The lowest BCUT2D eigenvalue weighted by molar-refractivity contribution is 0.112. The average molecular weight is 232 g/mol. The first-order chi connectivity index (χ1) is 8.24. The van der Waals surface area contributed by atoms with Crippen molar-refractivity contribution in [3.8, 4) is 0 Å². The highest BCUT2D eigenvalue weighted by Crippen LogP contribution is 2.30. The number of rotatable bonds is 3. The molecule has 0 amide bonds. The van der Waals surface area contributed by atoms with Gasteiger partial charge in [-0.25, -0.2) is 4.98 Å². The molecule has 3 nitrogen and oxygen atoms in total. The third kappa shape index (κ3) is 2.48. The summed E-state index contributed by atoms with van der Waals surface area (Å²) in [6.07, 6.45) is 7.74. The molecule has 0 bridgehead atoms. The summed E-state index contributed by atoms with van der Waals surface area (Å²) in [5, 5.41) is 0. The third-order valence-electron chi connectivity index (χ3n) is 3.84. The molecule has 2 atom stereocenters. The van der Waals surface area contributed by atoms with E-state index in [2.05, 4.69) is 23.9 Å². The van der Waals surface area contributed by atoms with Crippen molar-refractivity contribution < 1.29 is 4.79 Å². The van der Waals surface area contributed by atoms with Crippen LogP contribution in [0, 0.1) is 5.92 Å². The fourth-order valence-corrected chi connectivity index (χ4v) is 2.83. The fraction of sp³-hybridized carbons (Fsp3) is 0.571. The molecule has 1 aromatic rings. The number of anilines is 1. The van der Waals surface area contributed by atoms with E-state index in [1.54, 1.807) is 6.20 Å². The van der Waals surface area contributed by atoms with Gasteiger partial charge in [-0.15, -0.1) is 0 Å². The van der Waals surface area contributed by atoms with Crippen LogP contribution < -0.4 is 4.90 Å². The second kappa shape index (κ2) is 5.30. The summed E-state index contributed by atoms with van der Waals surface area (Å²) in [6, 6.07) is 4.15. The lowest BCUT2D eigenvalue weighted by atomic mass is 9.85. The largest absolute Gasteiger partial charge is 0.356 e. The van der Waals surface area contributed by atoms with Gasteiger partial charge in [0.1, 0.15) is 5.82 Å². The minimum absolute atomic E-state index is 0.511. The first kappa shape index (κ1) is 12.1. The monoisotopic (exact) mass is 232 g/mol. The second-order valence-corrected chi connectivity index (χ2v) is 4.97. The summed E-state index contributed by atoms with van der Waals surface area (Å²) in [5.74, 6) is 1.50. The zero-order valence-electron chi connectivity index (χ0n) is 10.6. The molecule has 1 fully saturated rings. The Bertz CT molecular complexity index is 392. The smallest absolute Gasteiger partial charge is 0.153 e. The van der Waals surface area contributed by atoms with Crippen molar-refractivity contribution >= 4 is 12.1 Å². The highest BCUT2D eigenvalue weighted by Gasteiger charge is 2.26. The van der Waals surface area contributed by atoms with Gasteiger partial charge >= 0.3 is 0 Å². The maximum Gasteiger partial charge on any atom is 0.153 e. The summed E-state index contributed by atoms with van der Waals surface area (Å²) in [4.78, 5) is 17.6. The van der Waals surface area contributed by atoms with Crippen molar-refractivity contribution in [1.82, 2.24) is 4.98 Å². The quantitative estimate of drug-likeness (QED) is 0.751. The molecule has 1 saturated carbocycles. The van der Waals surface area contributed by atoms with Crippen LogP contribution >= 0.6 is 0 Å². The SMILES string of the molecule is CC1CCCCC1N(C)c1ncccc1C=O. The maximum absolute atomic E-state index is 11.0. The number of aldehydes is 1. The molecule has 17 heavy (non-hydrogen) atoms. The number of nitrogens with zero attached hydrogens (tertiary/aromatic N) is 2. The molecule has 1 aromatic heterocycles. The Kier molecular flexibility index (Phi) is 3.77. The topological polar surface area (TPSA) is 33.2 Å². The van der Waals surface area contributed by atoms with Gasteiger partial charge in [0, 0.05) is 19.3 Å². The highest BCUT2D eigenvalue weighted by molar-refractivity contribution is 5.82. The summed E-state index contributed by atoms with van der Waals surface area (Å²) >= 11 is 0. The Balaban J connectivity index is 2.23. The lowest BCUT2D eigenvalue weighted by Crippen LogP contribution is -2.39. The summed E-state index contributed by atoms with van der Waals surface area (Å²) in [5.41, 5.74) is 0.688. The van der Waals surface area contributed by atoms with E-state index >= 15 is 0 Å². The van der Waals surface area contributed by atoms with Crippen molar-refractivity contribution in [2.24, 2.45) is 5.92 Å². The summed E-state index contributed by atoms with van der Waals surface area (Å²) in [6.45, 7) is 2.30. The average Bonchev–Trinajstić information content (AvgIpc) is 2.38. The van der Waals surface area contributed by atoms with E-state index in [1.807, 2.05) is 12.1 Å². The van der Waals surface area contributed by atoms with Gasteiger partial charge in [-0.1, -0.05) is 19.8 Å². The van der Waals surface area contributed by atoms with Crippen LogP contribution in [-0.2, 0) is 0 Å². The molecule has 3 heteroatoms. The van der Waals surface area contributed by atoms with Crippen molar-refractivity contribution in [3.63, 3.8) is 0 Å². The number of aromatic nitrogens is 1. The molecule has 0 aromatic carbocycles. The van der Waals surface area contributed by atoms with Crippen LogP contribution in [0.15, 0.2) is 18.3 Å². The molecule has 1 aliphatic rings. The van der Waals surface area contributed by atoms with Crippen LogP contribution in [0.5, 0.6) is 0 Å². The highest BCUT2D eigenvalue weighted by atomic mass is 16.1. The number of hydrogen-bond acceptors (Lipinski definition) is 3. The van der Waals surface area contributed by atoms with E-state index in [1.165, 1.54) is 25.7 Å². The van der Waals surface area contributed by atoms with E-state index in [9.17, 15) is 4.79 Å². The van der Waals surface area contributed by atoms with Crippen LogP contribution in [-0.4, -0.2) is 24.4 Å². The van der Waals surface area contributed by atoms with Gasteiger partial charge in [-0.2, -0.15) is 0 Å². The molecule has 92 valence electrons. The number of hydrogen-bond donors (Lipinski definition) is 0. The standard InChI is InChI=1S/C14H20N2O/c1-11-6-3-4-8-13(11)16(2)14-12(10-17)7-5-9-15-14/h5,7,9-11,13H,3-4,6,8H2,1-2H3. The predicted molar refractivity (Wildman–Crippen MR) is 69.4 cm³/mol. The van der Waals surface area contributed by atoms with Crippen LogP contribution in [0.1, 0.15) is 43.0 Å². The maximum atomic E-state index is 11.0. The Morgan fingerprint density at radius 2 is 2.18 bits per heavy atom. The normalized spacial score (nSPS) is 24.4. The fourth-order valence-electron chi connectivity index (χ4n) is 2.83. The van der Waals surface area contributed by atoms with Crippen molar-refractivity contribution in [2.45, 2.75) is 38.6 Å². The van der Waals surface area contributed by atoms with E-state index in [-0.39, 0.29) is 0 Å². The van der Waals surface area contributed by atoms with Crippen LogP contribution in [0.3, 0.4) is 0 Å². The molecule has 1 aliphatic carbocycles. The third-order valence-corrected chi connectivity index (χ3v) is 3.84. The zero-order valence-corrected chi connectivity index (χ0v) is 10.6. The summed E-state index contributed by atoms with van der Waals surface area (Å²) in [7, 11) is 2.06. The molecule has 1 heterocycles. The van der Waals surface area contributed by atoms with Crippen molar-refractivity contribution in [2.75, 3.05) is 11.9 Å². The predicted octanol–water partition coefficient (Wildman–Crippen LogP) is 2.91. The van der Waals surface area contributed by atoms with Gasteiger partial charge in [0.25, 0.3) is 0 Å². The Hall–Kier alpha value is -1.38. The van der Waals surface area contributed by atoms with Gasteiger partial charge in [0.15, 0.2) is 6.29 Å². The minimum atomic E-state index is 0.511. The molecule has 0 radical (unpaired) electrons. The Morgan fingerprint density at radius 1 is 1.41 bits per heavy atom. The van der Waals surface area contributed by atoms with Crippen LogP contribution in [0.25, 0.3) is 0 Å². The van der Waals surface area contributed by atoms with Gasteiger partial charge in [0.05, 0.1) is 5.56 Å². The first-order valence-corrected chi connectivity index (χ1v) is 6.37. The van der Waals surface area contributed by atoms with E-state index in [4.69, 9.17) is 0 Å². The van der Waals surface area contributed by atoms with E-state index in [0.29, 0.717) is 17.5 Å². The Morgan fingerprint density at radius 3 is 2.88 bits per heavy atom. The molecule has 0 saturated heterocycles. The first-order valence-electron chi connectivity index (χ1n) is 6.37. The molecule has 0 N–H and O–H groups in total. The molecule has 0 aliphatic heterocycles. The van der Waals surface area contributed by atoms with Crippen molar-refractivity contribution in [3.05, 3.63) is 23.9 Å².